The van der Waals surface area contributed by atoms with Crippen LogP contribution in [0.15, 0.2) is 55.1 Å². The topological polar surface area (TPSA) is 74.7 Å². The summed E-state index contributed by atoms with van der Waals surface area (Å²) in [6, 6.07) is 12.4. The Morgan fingerprint density at radius 1 is 1.19 bits per heavy atom. The van der Waals surface area contributed by atoms with E-state index in [1.54, 1.807) is 49.4 Å². The molecule has 5 nitrogen and oxygen atoms in total. The Morgan fingerprint density at radius 2 is 1.92 bits per heavy atom. The molecular formula is C19H14Cl2N4O. The molecular weight excluding hydrogens is 371 g/mol. The summed E-state index contributed by atoms with van der Waals surface area (Å²) in [5.74, 6) is 0. The normalized spacial score (nSPS) is 13.5. The third-order valence-electron chi connectivity index (χ3n) is 3.85. The summed E-state index contributed by atoms with van der Waals surface area (Å²) in [4.78, 5) is 3.89. The molecule has 1 heterocycles. The van der Waals surface area contributed by atoms with Crippen LogP contribution in [0.25, 0.3) is 11.8 Å². The maximum atomic E-state index is 10.7. The van der Waals surface area contributed by atoms with Gasteiger partial charge >= 0.3 is 0 Å². The molecule has 1 atom stereocenters. The van der Waals surface area contributed by atoms with Crippen molar-refractivity contribution < 1.29 is 5.11 Å². The van der Waals surface area contributed by atoms with Gasteiger partial charge in [-0.05, 0) is 54.5 Å². The van der Waals surface area contributed by atoms with E-state index in [-0.39, 0.29) is 0 Å². The van der Waals surface area contributed by atoms with Crippen molar-refractivity contribution in [1.29, 1.82) is 5.26 Å². The van der Waals surface area contributed by atoms with Crippen LogP contribution in [-0.2, 0) is 5.60 Å². The summed E-state index contributed by atoms with van der Waals surface area (Å²) in [5.41, 5.74) is 1.15. The Hall–Kier alpha value is -2.65. The van der Waals surface area contributed by atoms with Gasteiger partial charge in [0.15, 0.2) is 0 Å². The quantitative estimate of drug-likeness (QED) is 0.724. The van der Waals surface area contributed by atoms with Gasteiger partial charge in [-0.2, -0.15) is 10.4 Å². The molecule has 7 heteroatoms. The van der Waals surface area contributed by atoms with Crippen LogP contribution in [0.4, 0.5) is 0 Å². The summed E-state index contributed by atoms with van der Waals surface area (Å²) >= 11 is 12.0. The average molecular weight is 385 g/mol. The minimum absolute atomic E-state index is 0.447. The van der Waals surface area contributed by atoms with Crippen LogP contribution in [-0.4, -0.2) is 19.9 Å². The maximum Gasteiger partial charge on any atom is 0.138 e. The molecule has 2 aromatic carbocycles. The highest BCUT2D eigenvalue weighted by molar-refractivity contribution is 6.34. The SMILES string of the molecule is C[C@](O)(/C=C/c1ccc(-n2cncn2)c(C#N)c1)c1cc(Cl)cc(Cl)c1. The molecule has 3 rings (SSSR count). The lowest BCUT2D eigenvalue weighted by molar-refractivity contribution is 0.112. The van der Waals surface area contributed by atoms with Crippen LogP contribution in [0.5, 0.6) is 0 Å². The molecule has 0 saturated heterocycles. The van der Waals surface area contributed by atoms with Crippen LogP contribution >= 0.6 is 23.2 Å². The van der Waals surface area contributed by atoms with E-state index in [1.165, 1.54) is 17.3 Å². The van der Waals surface area contributed by atoms with Crippen molar-refractivity contribution in [2.75, 3.05) is 0 Å². The largest absolute Gasteiger partial charge is 0.381 e. The molecule has 0 amide bonds. The predicted octanol–water partition coefficient (Wildman–Crippen LogP) is 4.37. The number of aromatic nitrogens is 3. The number of hydrogen-bond acceptors (Lipinski definition) is 4. The van der Waals surface area contributed by atoms with E-state index in [1.807, 2.05) is 6.07 Å². The fourth-order valence-electron chi connectivity index (χ4n) is 2.48. The van der Waals surface area contributed by atoms with Crippen molar-refractivity contribution in [2.45, 2.75) is 12.5 Å². The summed E-state index contributed by atoms with van der Waals surface area (Å²) in [7, 11) is 0. The second kappa shape index (κ2) is 7.30. The van der Waals surface area contributed by atoms with Crippen LogP contribution in [0, 0.1) is 11.3 Å². The summed E-state index contributed by atoms with van der Waals surface area (Å²) in [6.45, 7) is 1.64. The molecule has 1 aromatic heterocycles. The van der Waals surface area contributed by atoms with E-state index in [0.29, 0.717) is 26.9 Å². The number of nitriles is 1. The predicted molar refractivity (Wildman–Crippen MR) is 101 cm³/mol. The molecule has 0 saturated carbocycles. The van der Waals surface area contributed by atoms with Gasteiger partial charge in [-0.25, -0.2) is 9.67 Å². The lowest BCUT2D eigenvalue weighted by Gasteiger charge is -2.20. The molecule has 0 unspecified atom stereocenters. The molecule has 0 fully saturated rings. The van der Waals surface area contributed by atoms with Crippen molar-refractivity contribution in [3.8, 4) is 11.8 Å². The summed E-state index contributed by atoms with van der Waals surface area (Å²) in [6.07, 6.45) is 6.29. The molecule has 0 spiro atoms. The molecule has 1 N–H and O–H groups in total. The van der Waals surface area contributed by atoms with Gasteiger partial charge in [0.05, 0.1) is 11.3 Å². The third kappa shape index (κ3) is 3.94. The van der Waals surface area contributed by atoms with Crippen LogP contribution in [0.3, 0.4) is 0 Å². The monoisotopic (exact) mass is 384 g/mol. The van der Waals surface area contributed by atoms with Gasteiger partial charge in [-0.3, -0.25) is 0 Å². The van der Waals surface area contributed by atoms with Crippen LogP contribution in [0.2, 0.25) is 10.0 Å². The Kier molecular flexibility index (Phi) is 5.10. The van der Waals surface area contributed by atoms with Crippen molar-refractivity contribution >= 4 is 29.3 Å². The molecule has 26 heavy (non-hydrogen) atoms. The van der Waals surface area contributed by atoms with Crippen molar-refractivity contribution in [1.82, 2.24) is 14.8 Å². The number of rotatable bonds is 4. The van der Waals surface area contributed by atoms with Gasteiger partial charge in [0.1, 0.15) is 24.3 Å². The number of halogens is 2. The zero-order chi connectivity index (χ0) is 18.7. The standard InChI is InChI=1S/C19H14Cl2N4O/c1-19(26,15-7-16(20)9-17(21)8-15)5-4-13-2-3-18(14(6-13)10-22)25-12-23-11-24-25/h2-9,11-12,26H,1H3/b5-4+/t19-/m0/s1. The zero-order valence-electron chi connectivity index (χ0n) is 13.8. The van der Waals surface area contributed by atoms with Crippen LogP contribution < -0.4 is 0 Å². The summed E-state index contributed by atoms with van der Waals surface area (Å²) in [5, 5.41) is 25.1. The molecule has 0 aliphatic rings. The number of benzene rings is 2. The van der Waals surface area contributed by atoms with Gasteiger partial charge in [0.2, 0.25) is 0 Å². The lowest BCUT2D eigenvalue weighted by Crippen LogP contribution is -2.17. The third-order valence-corrected chi connectivity index (χ3v) is 4.29. The second-order valence-electron chi connectivity index (χ2n) is 5.87. The average Bonchev–Trinajstić information content (AvgIpc) is 3.13. The highest BCUT2D eigenvalue weighted by atomic mass is 35.5. The van der Waals surface area contributed by atoms with E-state index in [9.17, 15) is 10.4 Å². The minimum atomic E-state index is -1.27. The van der Waals surface area contributed by atoms with E-state index in [4.69, 9.17) is 23.2 Å². The fourth-order valence-corrected chi connectivity index (χ4v) is 3.01. The molecule has 0 aliphatic heterocycles. The molecule has 0 aliphatic carbocycles. The molecule has 130 valence electrons. The van der Waals surface area contributed by atoms with Gasteiger partial charge in [-0.15, -0.1) is 0 Å². The van der Waals surface area contributed by atoms with E-state index >= 15 is 0 Å². The van der Waals surface area contributed by atoms with Gasteiger partial charge in [0.25, 0.3) is 0 Å². The first-order valence-electron chi connectivity index (χ1n) is 7.66. The van der Waals surface area contributed by atoms with E-state index in [2.05, 4.69) is 16.2 Å². The summed E-state index contributed by atoms with van der Waals surface area (Å²) < 4.78 is 1.52. The Balaban J connectivity index is 1.91. The smallest absolute Gasteiger partial charge is 0.138 e. The van der Waals surface area contributed by atoms with Crippen molar-refractivity contribution in [3.05, 3.63) is 81.9 Å². The van der Waals surface area contributed by atoms with Gasteiger partial charge in [0, 0.05) is 10.0 Å². The first-order chi connectivity index (χ1) is 12.4. The van der Waals surface area contributed by atoms with Gasteiger partial charge in [-0.1, -0.05) is 35.3 Å². The van der Waals surface area contributed by atoms with E-state index in [0.717, 1.165) is 5.56 Å². The molecule has 3 aromatic rings. The zero-order valence-corrected chi connectivity index (χ0v) is 15.3. The van der Waals surface area contributed by atoms with Crippen LogP contribution in [0.1, 0.15) is 23.6 Å². The first kappa shape index (κ1) is 18.2. The first-order valence-corrected chi connectivity index (χ1v) is 8.42. The second-order valence-corrected chi connectivity index (χ2v) is 6.74. The highest BCUT2D eigenvalue weighted by Gasteiger charge is 2.20. The molecule has 0 radical (unpaired) electrons. The number of aliphatic hydroxyl groups is 1. The van der Waals surface area contributed by atoms with Crippen molar-refractivity contribution in [2.24, 2.45) is 0 Å². The van der Waals surface area contributed by atoms with Crippen molar-refractivity contribution in [3.63, 3.8) is 0 Å². The van der Waals surface area contributed by atoms with E-state index < -0.39 is 5.60 Å². The fraction of sp³-hybridized carbons (Fsp3) is 0.105. The minimum Gasteiger partial charge on any atom is -0.381 e. The Labute approximate surface area is 160 Å². The lowest BCUT2D eigenvalue weighted by atomic mass is 9.94. The van der Waals surface area contributed by atoms with Gasteiger partial charge < -0.3 is 5.11 Å². The highest BCUT2D eigenvalue weighted by Crippen LogP contribution is 2.29. The number of hydrogen-bond donors (Lipinski definition) is 1. The number of nitrogens with zero attached hydrogens (tertiary/aromatic N) is 4. The Bertz CT molecular complexity index is 985. The molecule has 0 bridgehead atoms. The Morgan fingerprint density at radius 3 is 2.54 bits per heavy atom. The maximum absolute atomic E-state index is 10.7.